The Morgan fingerprint density at radius 3 is 2.86 bits per heavy atom. The second-order valence-corrected chi connectivity index (χ2v) is 7.50. The summed E-state index contributed by atoms with van der Waals surface area (Å²) in [7, 11) is 0. The predicted octanol–water partition coefficient (Wildman–Crippen LogP) is 4.78. The first-order valence-corrected chi connectivity index (χ1v) is 9.12. The van der Waals surface area contributed by atoms with Crippen molar-refractivity contribution in [2.75, 3.05) is 6.54 Å². The molecule has 1 aliphatic carbocycles. The highest BCUT2D eigenvalue weighted by Gasteiger charge is 2.36. The molecule has 1 aromatic carbocycles. The molecule has 0 heterocycles. The van der Waals surface area contributed by atoms with Crippen molar-refractivity contribution in [1.82, 2.24) is 5.32 Å². The van der Waals surface area contributed by atoms with Crippen LogP contribution in [0.5, 0.6) is 0 Å². The molecule has 0 aromatic heterocycles. The highest BCUT2D eigenvalue weighted by molar-refractivity contribution is 7.99. The molecule has 1 saturated carbocycles. The molecule has 2 nitrogen and oxygen atoms in total. The number of thioether (sulfide) groups is 1. The molecule has 0 amide bonds. The van der Waals surface area contributed by atoms with Crippen molar-refractivity contribution in [2.45, 2.75) is 55.6 Å². The molecule has 0 spiro atoms. The van der Waals surface area contributed by atoms with Crippen molar-refractivity contribution in [3.63, 3.8) is 0 Å². The quantitative estimate of drug-likeness (QED) is 0.818. The van der Waals surface area contributed by atoms with Crippen molar-refractivity contribution in [3.05, 3.63) is 34.9 Å². The molecule has 1 fully saturated rings. The minimum absolute atomic E-state index is 0.300. The van der Waals surface area contributed by atoms with Gasteiger partial charge in [-0.2, -0.15) is 17.0 Å². The third kappa shape index (κ3) is 4.92. The Balaban J connectivity index is 1.88. The van der Waals surface area contributed by atoms with Crippen LogP contribution in [0.15, 0.2) is 24.3 Å². The van der Waals surface area contributed by atoms with E-state index in [1.165, 1.54) is 12.0 Å². The van der Waals surface area contributed by atoms with Gasteiger partial charge in [-0.15, -0.1) is 0 Å². The summed E-state index contributed by atoms with van der Waals surface area (Å²) in [5.74, 6) is 0.997. The van der Waals surface area contributed by atoms with Crippen molar-refractivity contribution in [3.8, 4) is 6.07 Å². The van der Waals surface area contributed by atoms with Crippen LogP contribution in [0, 0.1) is 11.3 Å². The summed E-state index contributed by atoms with van der Waals surface area (Å²) < 4.78 is 0. The lowest BCUT2D eigenvalue weighted by atomic mass is 9.82. The van der Waals surface area contributed by atoms with E-state index < -0.39 is 0 Å². The molecule has 4 heteroatoms. The second kappa shape index (κ2) is 8.08. The van der Waals surface area contributed by atoms with Crippen molar-refractivity contribution in [1.29, 1.82) is 5.26 Å². The zero-order valence-electron chi connectivity index (χ0n) is 12.6. The number of nitrogens with zero attached hydrogens (tertiary/aromatic N) is 1. The molecule has 0 radical (unpaired) electrons. The van der Waals surface area contributed by atoms with Crippen LogP contribution in [-0.4, -0.2) is 17.3 Å². The topological polar surface area (TPSA) is 35.8 Å². The van der Waals surface area contributed by atoms with E-state index in [0.29, 0.717) is 5.25 Å². The fraction of sp³-hybridized carbons (Fsp3) is 0.588. The van der Waals surface area contributed by atoms with Gasteiger partial charge in [-0.1, -0.05) is 30.7 Å². The molecule has 114 valence electrons. The first-order chi connectivity index (χ1) is 10.2. The average Bonchev–Trinajstić information content (AvgIpc) is 2.53. The highest BCUT2D eigenvalue weighted by Crippen LogP contribution is 2.36. The maximum absolute atomic E-state index is 9.57. The van der Waals surface area contributed by atoms with Crippen molar-refractivity contribution in [2.24, 2.45) is 0 Å². The molecular formula is C17H23ClN2S. The minimum atomic E-state index is -0.300. The van der Waals surface area contributed by atoms with Crippen LogP contribution < -0.4 is 5.32 Å². The van der Waals surface area contributed by atoms with Crippen LogP contribution in [0.4, 0.5) is 0 Å². The monoisotopic (exact) mass is 322 g/mol. The van der Waals surface area contributed by atoms with E-state index in [1.54, 1.807) is 0 Å². The maximum Gasteiger partial charge on any atom is 0.107 e. The zero-order valence-corrected chi connectivity index (χ0v) is 14.1. The lowest BCUT2D eigenvalue weighted by Crippen LogP contribution is -2.48. The van der Waals surface area contributed by atoms with Gasteiger partial charge in [-0.25, -0.2) is 0 Å². The van der Waals surface area contributed by atoms with Gasteiger partial charge in [0, 0.05) is 16.0 Å². The van der Waals surface area contributed by atoms with Gasteiger partial charge in [0.1, 0.15) is 5.54 Å². The Labute approximate surface area is 137 Å². The molecular weight excluding hydrogens is 300 g/mol. The number of nitriles is 1. The fourth-order valence-electron chi connectivity index (χ4n) is 2.83. The highest BCUT2D eigenvalue weighted by atomic mass is 35.5. The van der Waals surface area contributed by atoms with E-state index in [9.17, 15) is 5.26 Å². The fourth-order valence-corrected chi connectivity index (χ4v) is 4.31. The maximum atomic E-state index is 9.57. The first kappa shape index (κ1) is 16.7. The van der Waals surface area contributed by atoms with E-state index in [4.69, 9.17) is 11.6 Å². The standard InChI is InChI=1S/C17H23ClN2S/c1-2-10-20-17(13-19)9-3-4-16(11-17)21-12-14-5-7-15(18)8-6-14/h5-8,16,20H,2-4,9-12H2,1H3. The van der Waals surface area contributed by atoms with E-state index in [2.05, 4.69) is 30.4 Å². The first-order valence-electron chi connectivity index (χ1n) is 7.70. The van der Waals surface area contributed by atoms with Gasteiger partial charge in [0.2, 0.25) is 0 Å². The molecule has 2 atom stereocenters. The van der Waals surface area contributed by atoms with E-state index >= 15 is 0 Å². The van der Waals surface area contributed by atoms with Crippen LogP contribution in [-0.2, 0) is 5.75 Å². The molecule has 1 aromatic rings. The van der Waals surface area contributed by atoms with E-state index in [0.717, 1.165) is 43.0 Å². The van der Waals surface area contributed by atoms with Gasteiger partial charge < -0.3 is 0 Å². The predicted molar refractivity (Wildman–Crippen MR) is 91.6 cm³/mol. The van der Waals surface area contributed by atoms with Gasteiger partial charge in [0.05, 0.1) is 6.07 Å². The van der Waals surface area contributed by atoms with Crippen LogP contribution in [0.3, 0.4) is 0 Å². The number of halogens is 1. The molecule has 1 N–H and O–H groups in total. The number of hydrogen-bond donors (Lipinski definition) is 1. The smallest absolute Gasteiger partial charge is 0.107 e. The Hall–Kier alpha value is -0.690. The van der Waals surface area contributed by atoms with Crippen LogP contribution in [0.2, 0.25) is 5.02 Å². The summed E-state index contributed by atoms with van der Waals surface area (Å²) in [6.07, 6.45) is 5.38. The number of nitrogens with one attached hydrogen (secondary N) is 1. The third-order valence-electron chi connectivity index (χ3n) is 4.03. The number of benzene rings is 1. The van der Waals surface area contributed by atoms with E-state index in [-0.39, 0.29) is 5.54 Å². The molecule has 0 saturated heterocycles. The number of hydrogen-bond acceptors (Lipinski definition) is 3. The van der Waals surface area contributed by atoms with Gasteiger partial charge in [-0.3, -0.25) is 5.32 Å². The van der Waals surface area contributed by atoms with Gasteiger partial charge in [0.15, 0.2) is 0 Å². The Bertz CT molecular complexity index is 483. The summed E-state index contributed by atoms with van der Waals surface area (Å²) in [4.78, 5) is 0. The van der Waals surface area contributed by atoms with Gasteiger partial charge in [0.25, 0.3) is 0 Å². The number of rotatable bonds is 6. The summed E-state index contributed by atoms with van der Waals surface area (Å²) >= 11 is 7.89. The molecule has 2 rings (SSSR count). The summed E-state index contributed by atoms with van der Waals surface area (Å²) in [6.45, 7) is 3.08. The average molecular weight is 323 g/mol. The lowest BCUT2D eigenvalue weighted by molar-refractivity contribution is 0.305. The van der Waals surface area contributed by atoms with Crippen molar-refractivity contribution >= 4 is 23.4 Å². The Morgan fingerprint density at radius 1 is 1.43 bits per heavy atom. The molecule has 1 aliphatic rings. The SMILES string of the molecule is CCCNC1(C#N)CCCC(SCc2ccc(Cl)cc2)C1. The Morgan fingerprint density at radius 2 is 2.19 bits per heavy atom. The minimum Gasteiger partial charge on any atom is -0.299 e. The largest absolute Gasteiger partial charge is 0.299 e. The molecule has 2 unspecified atom stereocenters. The molecule has 0 aliphatic heterocycles. The van der Waals surface area contributed by atoms with Gasteiger partial charge >= 0.3 is 0 Å². The molecule has 21 heavy (non-hydrogen) atoms. The van der Waals surface area contributed by atoms with Crippen LogP contribution in [0.25, 0.3) is 0 Å². The second-order valence-electron chi connectivity index (χ2n) is 5.78. The van der Waals surface area contributed by atoms with Crippen molar-refractivity contribution < 1.29 is 0 Å². The summed E-state index contributed by atoms with van der Waals surface area (Å²) in [5, 5.41) is 14.4. The Kier molecular flexibility index (Phi) is 6.41. The summed E-state index contributed by atoms with van der Waals surface area (Å²) in [5.41, 5.74) is 1.00. The van der Waals surface area contributed by atoms with Crippen LogP contribution in [0.1, 0.15) is 44.6 Å². The van der Waals surface area contributed by atoms with Gasteiger partial charge in [-0.05, 0) is 56.3 Å². The van der Waals surface area contributed by atoms with Crippen LogP contribution >= 0.6 is 23.4 Å². The normalized spacial score (nSPS) is 25.5. The third-order valence-corrected chi connectivity index (χ3v) is 5.66. The molecule has 0 bridgehead atoms. The zero-order chi connectivity index (χ0) is 15.1. The lowest BCUT2D eigenvalue weighted by Gasteiger charge is -2.36. The summed E-state index contributed by atoms with van der Waals surface area (Å²) in [6, 6.07) is 10.6. The van der Waals surface area contributed by atoms with E-state index in [1.807, 2.05) is 23.9 Å².